The third kappa shape index (κ3) is 5.85. The van der Waals surface area contributed by atoms with Crippen LogP contribution in [0.5, 0.6) is 0 Å². The molecule has 0 aliphatic carbocycles. The summed E-state index contributed by atoms with van der Waals surface area (Å²) in [5.74, 6) is -0.947. The molecule has 0 unspecified atom stereocenters. The van der Waals surface area contributed by atoms with Gasteiger partial charge in [0.15, 0.2) is 0 Å². The lowest BCUT2D eigenvalue weighted by Gasteiger charge is -2.03. The molecule has 17 heavy (non-hydrogen) atoms. The molecule has 0 aliphatic rings. The molecule has 0 spiro atoms. The van der Waals surface area contributed by atoms with E-state index in [4.69, 9.17) is 14.6 Å². The van der Waals surface area contributed by atoms with E-state index >= 15 is 0 Å². The standard InChI is InChI=1S/C13H16O4/c1-16-8-9-17-10-12-4-2-11(3-5-12)6-7-13(14)15/h2-7H,8-10H2,1H3,(H,14,15). The van der Waals surface area contributed by atoms with E-state index in [1.165, 1.54) is 0 Å². The molecule has 1 aromatic rings. The summed E-state index contributed by atoms with van der Waals surface area (Å²) in [5, 5.41) is 8.48. The van der Waals surface area contributed by atoms with Crippen molar-refractivity contribution >= 4 is 12.0 Å². The molecular formula is C13H16O4. The van der Waals surface area contributed by atoms with Gasteiger partial charge in [-0.3, -0.25) is 0 Å². The Morgan fingerprint density at radius 1 is 1.29 bits per heavy atom. The molecule has 0 heterocycles. The smallest absolute Gasteiger partial charge is 0.328 e. The monoisotopic (exact) mass is 236 g/mol. The van der Waals surface area contributed by atoms with Crippen LogP contribution in [0.15, 0.2) is 30.3 Å². The molecule has 0 aromatic heterocycles. The van der Waals surface area contributed by atoms with Crippen LogP contribution in [0.2, 0.25) is 0 Å². The third-order valence-electron chi connectivity index (χ3n) is 2.10. The van der Waals surface area contributed by atoms with Gasteiger partial charge in [0.25, 0.3) is 0 Å². The molecule has 0 atom stereocenters. The van der Waals surface area contributed by atoms with Gasteiger partial charge in [0, 0.05) is 13.2 Å². The lowest BCUT2D eigenvalue weighted by Crippen LogP contribution is -2.01. The Morgan fingerprint density at radius 3 is 2.59 bits per heavy atom. The van der Waals surface area contributed by atoms with Gasteiger partial charge in [-0.05, 0) is 17.2 Å². The number of methoxy groups -OCH3 is 1. The van der Waals surface area contributed by atoms with Crippen LogP contribution < -0.4 is 0 Å². The van der Waals surface area contributed by atoms with E-state index in [1.54, 1.807) is 13.2 Å². The van der Waals surface area contributed by atoms with Crippen molar-refractivity contribution in [1.82, 2.24) is 0 Å². The number of ether oxygens (including phenoxy) is 2. The third-order valence-corrected chi connectivity index (χ3v) is 2.10. The predicted octanol–water partition coefficient (Wildman–Crippen LogP) is 1.95. The maximum atomic E-state index is 10.3. The SMILES string of the molecule is COCCOCc1ccc(C=CC(=O)O)cc1. The van der Waals surface area contributed by atoms with Gasteiger partial charge in [0.1, 0.15) is 0 Å². The van der Waals surface area contributed by atoms with Crippen molar-refractivity contribution in [3.8, 4) is 0 Å². The molecule has 0 saturated carbocycles. The number of hydrogen-bond acceptors (Lipinski definition) is 3. The fourth-order valence-electron chi connectivity index (χ4n) is 1.22. The van der Waals surface area contributed by atoms with Crippen molar-refractivity contribution in [3.63, 3.8) is 0 Å². The van der Waals surface area contributed by atoms with Crippen molar-refractivity contribution in [1.29, 1.82) is 0 Å². The van der Waals surface area contributed by atoms with E-state index < -0.39 is 5.97 Å². The second kappa shape index (κ2) is 7.60. The molecule has 0 bridgehead atoms. The molecule has 0 aliphatic heterocycles. The highest BCUT2D eigenvalue weighted by atomic mass is 16.5. The lowest BCUT2D eigenvalue weighted by atomic mass is 10.1. The summed E-state index contributed by atoms with van der Waals surface area (Å²) in [4.78, 5) is 10.3. The largest absolute Gasteiger partial charge is 0.478 e. The fourth-order valence-corrected chi connectivity index (χ4v) is 1.22. The van der Waals surface area contributed by atoms with Gasteiger partial charge < -0.3 is 14.6 Å². The van der Waals surface area contributed by atoms with Crippen LogP contribution in [0.25, 0.3) is 6.08 Å². The molecule has 0 amide bonds. The first-order valence-electron chi connectivity index (χ1n) is 5.29. The highest BCUT2D eigenvalue weighted by Crippen LogP contribution is 2.07. The molecule has 0 fully saturated rings. The minimum Gasteiger partial charge on any atom is -0.478 e. The Labute approximate surface area is 100 Å². The zero-order valence-corrected chi connectivity index (χ0v) is 9.76. The molecule has 1 aromatic carbocycles. The second-order valence-electron chi connectivity index (χ2n) is 3.46. The summed E-state index contributed by atoms with van der Waals surface area (Å²) in [6.07, 6.45) is 2.67. The summed E-state index contributed by atoms with van der Waals surface area (Å²) in [6.45, 7) is 1.68. The molecule has 0 radical (unpaired) electrons. The summed E-state index contributed by atoms with van der Waals surface area (Å²) in [5.41, 5.74) is 1.90. The van der Waals surface area contributed by atoms with Crippen LogP contribution >= 0.6 is 0 Å². The number of aliphatic carboxylic acids is 1. The van der Waals surface area contributed by atoms with Gasteiger partial charge in [-0.25, -0.2) is 4.79 Å². The predicted molar refractivity (Wildman–Crippen MR) is 64.6 cm³/mol. The second-order valence-corrected chi connectivity index (χ2v) is 3.46. The fraction of sp³-hybridized carbons (Fsp3) is 0.308. The first-order valence-corrected chi connectivity index (χ1v) is 5.29. The van der Waals surface area contributed by atoms with Crippen LogP contribution in [0.1, 0.15) is 11.1 Å². The van der Waals surface area contributed by atoms with Gasteiger partial charge in [-0.1, -0.05) is 24.3 Å². The summed E-state index contributed by atoms with van der Waals surface area (Å²) >= 11 is 0. The van der Waals surface area contributed by atoms with Crippen LogP contribution in [-0.2, 0) is 20.9 Å². The van der Waals surface area contributed by atoms with E-state index in [9.17, 15) is 4.79 Å². The van der Waals surface area contributed by atoms with Crippen LogP contribution in [0.4, 0.5) is 0 Å². The van der Waals surface area contributed by atoms with E-state index in [1.807, 2.05) is 24.3 Å². The minimum atomic E-state index is -0.947. The Balaban J connectivity index is 2.42. The van der Waals surface area contributed by atoms with Crippen molar-refractivity contribution in [3.05, 3.63) is 41.5 Å². The molecule has 92 valence electrons. The summed E-state index contributed by atoms with van der Waals surface area (Å²) in [6, 6.07) is 7.53. The first kappa shape index (κ1) is 13.4. The number of benzene rings is 1. The van der Waals surface area contributed by atoms with Crippen LogP contribution in [-0.4, -0.2) is 31.4 Å². The van der Waals surface area contributed by atoms with Crippen molar-refractivity contribution in [2.75, 3.05) is 20.3 Å². The lowest BCUT2D eigenvalue weighted by molar-refractivity contribution is -0.131. The van der Waals surface area contributed by atoms with Crippen LogP contribution in [0.3, 0.4) is 0 Å². The zero-order valence-electron chi connectivity index (χ0n) is 9.76. The van der Waals surface area contributed by atoms with Crippen molar-refractivity contribution in [2.24, 2.45) is 0 Å². The average Bonchev–Trinajstić information content (AvgIpc) is 2.33. The molecular weight excluding hydrogens is 220 g/mol. The van der Waals surface area contributed by atoms with E-state index in [0.29, 0.717) is 19.8 Å². The van der Waals surface area contributed by atoms with Gasteiger partial charge in [0.2, 0.25) is 0 Å². The van der Waals surface area contributed by atoms with E-state index in [2.05, 4.69) is 0 Å². The Hall–Kier alpha value is -1.65. The Morgan fingerprint density at radius 2 is 2.00 bits per heavy atom. The van der Waals surface area contributed by atoms with Crippen molar-refractivity contribution < 1.29 is 19.4 Å². The molecule has 1 N–H and O–H groups in total. The first-order chi connectivity index (χ1) is 8.22. The molecule has 4 nitrogen and oxygen atoms in total. The number of carboxylic acid groups (broad SMARTS) is 1. The van der Waals surface area contributed by atoms with Gasteiger partial charge in [-0.15, -0.1) is 0 Å². The highest BCUT2D eigenvalue weighted by Gasteiger charge is 1.94. The summed E-state index contributed by atoms with van der Waals surface area (Å²) in [7, 11) is 1.63. The molecule has 0 saturated heterocycles. The molecule has 1 rings (SSSR count). The number of rotatable bonds is 7. The normalized spacial score (nSPS) is 10.9. The van der Waals surface area contributed by atoms with E-state index in [0.717, 1.165) is 17.2 Å². The van der Waals surface area contributed by atoms with Gasteiger partial charge in [-0.2, -0.15) is 0 Å². The quantitative estimate of drug-likeness (QED) is 0.580. The Kier molecular flexibility index (Phi) is 5.99. The average molecular weight is 236 g/mol. The topological polar surface area (TPSA) is 55.8 Å². The summed E-state index contributed by atoms with van der Waals surface area (Å²) < 4.78 is 10.2. The number of carboxylic acids is 1. The minimum absolute atomic E-state index is 0.534. The van der Waals surface area contributed by atoms with Gasteiger partial charge >= 0.3 is 5.97 Å². The number of hydrogen-bond donors (Lipinski definition) is 1. The Bertz CT molecular complexity index is 368. The molecule has 4 heteroatoms. The van der Waals surface area contributed by atoms with Gasteiger partial charge in [0.05, 0.1) is 19.8 Å². The van der Waals surface area contributed by atoms with Crippen LogP contribution in [0, 0.1) is 0 Å². The maximum Gasteiger partial charge on any atom is 0.328 e. The van der Waals surface area contributed by atoms with E-state index in [-0.39, 0.29) is 0 Å². The van der Waals surface area contributed by atoms with Crippen molar-refractivity contribution in [2.45, 2.75) is 6.61 Å². The zero-order chi connectivity index (χ0) is 12.5. The highest BCUT2D eigenvalue weighted by molar-refractivity contribution is 5.85. The maximum absolute atomic E-state index is 10.3. The number of carbonyl (C=O) groups is 1.